The topological polar surface area (TPSA) is 30.5 Å². The van der Waals surface area contributed by atoms with Crippen molar-refractivity contribution in [1.82, 2.24) is 5.32 Å². The lowest BCUT2D eigenvalue weighted by molar-refractivity contribution is 0.269. The molecule has 0 aromatic heterocycles. The predicted octanol–water partition coefficient (Wildman–Crippen LogP) is 7.71. The van der Waals surface area contributed by atoms with Crippen molar-refractivity contribution in [3.8, 4) is 11.5 Å². The third-order valence-electron chi connectivity index (χ3n) is 5.17. The second kappa shape index (κ2) is 12.0. The molecule has 0 spiro atoms. The monoisotopic (exact) mass is 511 g/mol. The lowest BCUT2D eigenvalue weighted by Gasteiger charge is -2.17. The molecule has 2 aromatic rings. The fourth-order valence-corrected chi connectivity index (χ4v) is 4.49. The van der Waals surface area contributed by atoms with Crippen molar-refractivity contribution in [2.45, 2.75) is 52.2 Å². The van der Waals surface area contributed by atoms with Crippen LogP contribution in [0.15, 0.2) is 46.5 Å². The molecule has 3 rings (SSSR count). The Kier molecular flexibility index (Phi) is 9.38. The van der Waals surface area contributed by atoms with Gasteiger partial charge in [-0.15, -0.1) is 0 Å². The summed E-state index contributed by atoms with van der Waals surface area (Å²) in [5, 5.41) is 4.73. The molecule has 0 bridgehead atoms. The van der Waals surface area contributed by atoms with Gasteiger partial charge in [0.2, 0.25) is 0 Å². The van der Waals surface area contributed by atoms with Gasteiger partial charge in [0.1, 0.15) is 6.61 Å². The number of benzene rings is 2. The van der Waals surface area contributed by atoms with Crippen LogP contribution in [0.4, 0.5) is 0 Å². The zero-order valence-electron chi connectivity index (χ0n) is 17.3. The van der Waals surface area contributed by atoms with E-state index in [9.17, 15) is 0 Å². The standard InChI is InChI=1S/C24H28BrCl2NO2/c1-2-29-23-13-18(15-28-12-11-17-7-4-3-5-8-17)20(25)14-24(23)30-16-19-21(26)9-6-10-22(19)27/h6-7,9-10,13-14,28H,2-5,8,11-12,15-16H2,1H3. The van der Waals surface area contributed by atoms with Crippen molar-refractivity contribution in [2.75, 3.05) is 13.2 Å². The Bertz CT molecular complexity index is 865. The second-order valence-corrected chi connectivity index (χ2v) is 9.02. The van der Waals surface area contributed by atoms with Gasteiger partial charge in [-0.05, 0) is 75.4 Å². The summed E-state index contributed by atoms with van der Waals surface area (Å²) in [6.45, 7) is 4.55. The van der Waals surface area contributed by atoms with Gasteiger partial charge in [0, 0.05) is 26.6 Å². The van der Waals surface area contributed by atoms with Gasteiger partial charge in [-0.2, -0.15) is 0 Å². The van der Waals surface area contributed by atoms with Crippen LogP contribution in [0.5, 0.6) is 11.5 Å². The number of nitrogens with one attached hydrogen (secondary N) is 1. The van der Waals surface area contributed by atoms with Crippen molar-refractivity contribution in [3.05, 3.63) is 67.6 Å². The first-order chi connectivity index (χ1) is 14.6. The third-order valence-corrected chi connectivity index (χ3v) is 6.62. The van der Waals surface area contributed by atoms with Crippen LogP contribution in [0.3, 0.4) is 0 Å². The lowest BCUT2D eigenvalue weighted by atomic mass is 9.97. The van der Waals surface area contributed by atoms with Crippen LogP contribution in [0.25, 0.3) is 0 Å². The SMILES string of the molecule is CCOc1cc(CNCCC2=CCCCC2)c(Br)cc1OCc1c(Cl)cccc1Cl. The quantitative estimate of drug-likeness (QED) is 0.261. The maximum absolute atomic E-state index is 6.26. The van der Waals surface area contributed by atoms with Gasteiger partial charge >= 0.3 is 0 Å². The summed E-state index contributed by atoms with van der Waals surface area (Å²) in [4.78, 5) is 0. The Morgan fingerprint density at radius 1 is 1.07 bits per heavy atom. The summed E-state index contributed by atoms with van der Waals surface area (Å²) < 4.78 is 12.8. The van der Waals surface area contributed by atoms with Crippen LogP contribution in [-0.2, 0) is 13.2 Å². The Labute approximate surface area is 197 Å². The fraction of sp³-hybridized carbons (Fsp3) is 0.417. The Balaban J connectivity index is 1.63. The maximum Gasteiger partial charge on any atom is 0.162 e. The summed E-state index contributed by atoms with van der Waals surface area (Å²) >= 11 is 16.2. The minimum absolute atomic E-state index is 0.276. The highest BCUT2D eigenvalue weighted by molar-refractivity contribution is 9.10. The van der Waals surface area contributed by atoms with Crippen LogP contribution >= 0.6 is 39.1 Å². The molecule has 2 aromatic carbocycles. The molecular formula is C24H28BrCl2NO2. The van der Waals surface area contributed by atoms with E-state index in [-0.39, 0.29) is 6.61 Å². The van der Waals surface area contributed by atoms with E-state index in [1.165, 1.54) is 25.7 Å². The highest BCUT2D eigenvalue weighted by atomic mass is 79.9. The van der Waals surface area contributed by atoms with Crippen LogP contribution in [0.2, 0.25) is 10.0 Å². The molecule has 0 heterocycles. The van der Waals surface area contributed by atoms with Gasteiger partial charge in [-0.1, -0.05) is 56.8 Å². The molecule has 0 radical (unpaired) electrons. The number of halogens is 3. The van der Waals surface area contributed by atoms with E-state index in [1.54, 1.807) is 5.57 Å². The summed E-state index contributed by atoms with van der Waals surface area (Å²) in [6.07, 6.45) is 8.68. The molecule has 0 atom stereocenters. The number of rotatable bonds is 10. The van der Waals surface area contributed by atoms with Crippen molar-refractivity contribution >= 4 is 39.1 Å². The molecule has 3 nitrogen and oxygen atoms in total. The normalized spacial score (nSPS) is 13.8. The molecule has 0 aliphatic heterocycles. The fourth-order valence-electron chi connectivity index (χ4n) is 3.52. The first-order valence-electron chi connectivity index (χ1n) is 10.5. The van der Waals surface area contributed by atoms with E-state index in [2.05, 4.69) is 27.3 Å². The minimum Gasteiger partial charge on any atom is -0.490 e. The van der Waals surface area contributed by atoms with Crippen LogP contribution in [-0.4, -0.2) is 13.2 Å². The molecule has 1 aliphatic rings. The van der Waals surface area contributed by atoms with Crippen LogP contribution in [0, 0.1) is 0 Å². The zero-order valence-corrected chi connectivity index (χ0v) is 20.4. The van der Waals surface area contributed by atoms with E-state index in [0.29, 0.717) is 22.4 Å². The highest BCUT2D eigenvalue weighted by Gasteiger charge is 2.13. The van der Waals surface area contributed by atoms with Crippen molar-refractivity contribution in [2.24, 2.45) is 0 Å². The smallest absolute Gasteiger partial charge is 0.162 e. The molecule has 0 saturated heterocycles. The third kappa shape index (κ3) is 6.65. The number of ether oxygens (including phenoxy) is 2. The first kappa shape index (κ1) is 23.5. The van der Waals surface area contributed by atoms with Gasteiger partial charge in [0.05, 0.1) is 6.61 Å². The summed E-state index contributed by atoms with van der Waals surface area (Å²) in [6, 6.07) is 9.43. The van der Waals surface area contributed by atoms with E-state index >= 15 is 0 Å². The Morgan fingerprint density at radius 2 is 1.83 bits per heavy atom. The molecule has 6 heteroatoms. The molecule has 0 unspecified atom stereocenters. The molecule has 30 heavy (non-hydrogen) atoms. The Hall–Kier alpha value is -1.20. The lowest BCUT2D eigenvalue weighted by Crippen LogP contribution is -2.16. The maximum atomic E-state index is 6.26. The highest BCUT2D eigenvalue weighted by Crippen LogP contribution is 2.35. The Morgan fingerprint density at radius 3 is 2.53 bits per heavy atom. The van der Waals surface area contributed by atoms with Crippen LogP contribution < -0.4 is 14.8 Å². The predicted molar refractivity (Wildman–Crippen MR) is 129 cm³/mol. The number of hydrogen-bond acceptors (Lipinski definition) is 3. The van der Waals surface area contributed by atoms with E-state index in [0.717, 1.165) is 40.9 Å². The molecule has 0 fully saturated rings. The minimum atomic E-state index is 0.276. The van der Waals surface area contributed by atoms with E-state index in [1.807, 2.05) is 37.3 Å². The van der Waals surface area contributed by atoms with Gasteiger partial charge < -0.3 is 14.8 Å². The largest absolute Gasteiger partial charge is 0.490 e. The average Bonchev–Trinajstić information content (AvgIpc) is 2.74. The molecule has 0 saturated carbocycles. The molecule has 0 amide bonds. The van der Waals surface area contributed by atoms with Gasteiger partial charge in [0.15, 0.2) is 11.5 Å². The average molecular weight is 513 g/mol. The van der Waals surface area contributed by atoms with E-state index in [4.69, 9.17) is 32.7 Å². The van der Waals surface area contributed by atoms with Gasteiger partial charge in [0.25, 0.3) is 0 Å². The first-order valence-corrected chi connectivity index (χ1v) is 12.0. The second-order valence-electron chi connectivity index (χ2n) is 7.35. The number of allylic oxidation sites excluding steroid dienone is 1. The van der Waals surface area contributed by atoms with Crippen LogP contribution in [0.1, 0.15) is 50.2 Å². The number of hydrogen-bond donors (Lipinski definition) is 1. The van der Waals surface area contributed by atoms with Gasteiger partial charge in [-0.3, -0.25) is 0 Å². The molecule has 162 valence electrons. The summed E-state index contributed by atoms with van der Waals surface area (Å²) in [5.41, 5.74) is 3.49. The molecule has 1 N–H and O–H groups in total. The zero-order chi connectivity index (χ0) is 21.3. The van der Waals surface area contributed by atoms with Crippen molar-refractivity contribution in [3.63, 3.8) is 0 Å². The van der Waals surface area contributed by atoms with Gasteiger partial charge in [-0.25, -0.2) is 0 Å². The molecular weight excluding hydrogens is 485 g/mol. The summed E-state index contributed by atoms with van der Waals surface area (Å²) in [7, 11) is 0. The summed E-state index contributed by atoms with van der Waals surface area (Å²) in [5.74, 6) is 1.38. The van der Waals surface area contributed by atoms with E-state index < -0.39 is 0 Å². The van der Waals surface area contributed by atoms with Crippen molar-refractivity contribution < 1.29 is 9.47 Å². The molecule has 1 aliphatic carbocycles. The van der Waals surface area contributed by atoms with Crippen molar-refractivity contribution in [1.29, 1.82) is 0 Å².